The standard InChI is InChI=1S/C16H20N2O3S/c1-11(2)16(3,10-17)18-14(19)9-21-15(20)12-5-7-13(22-4)8-6-12/h5-8,11H,9H2,1-4H3,(H,18,19)/t16-/m0/s1. The third-order valence-electron chi connectivity index (χ3n) is 3.45. The molecule has 1 rings (SSSR count). The Morgan fingerprint density at radius 3 is 2.41 bits per heavy atom. The summed E-state index contributed by atoms with van der Waals surface area (Å²) in [7, 11) is 0. The number of thioether (sulfide) groups is 1. The lowest BCUT2D eigenvalue weighted by atomic mass is 9.90. The number of rotatable bonds is 6. The molecule has 0 radical (unpaired) electrons. The third-order valence-corrected chi connectivity index (χ3v) is 4.19. The second-order valence-corrected chi connectivity index (χ2v) is 6.20. The van der Waals surface area contributed by atoms with E-state index in [9.17, 15) is 9.59 Å². The van der Waals surface area contributed by atoms with Gasteiger partial charge in [0.25, 0.3) is 5.91 Å². The third kappa shape index (κ3) is 4.78. The van der Waals surface area contributed by atoms with E-state index in [0.717, 1.165) is 4.90 Å². The summed E-state index contributed by atoms with van der Waals surface area (Å²) in [5.74, 6) is -1.12. The molecule has 0 aromatic heterocycles. The summed E-state index contributed by atoms with van der Waals surface area (Å²) in [4.78, 5) is 24.7. The lowest BCUT2D eigenvalue weighted by Gasteiger charge is -2.27. The Hall–Kier alpha value is -2.00. The molecule has 1 aromatic rings. The van der Waals surface area contributed by atoms with Gasteiger partial charge in [-0.3, -0.25) is 4.79 Å². The second kappa shape index (κ2) is 7.85. The van der Waals surface area contributed by atoms with E-state index in [1.807, 2.05) is 32.2 Å². The summed E-state index contributed by atoms with van der Waals surface area (Å²) in [6.07, 6.45) is 1.94. The molecule has 1 amide bonds. The van der Waals surface area contributed by atoms with Crippen LogP contribution >= 0.6 is 11.8 Å². The topological polar surface area (TPSA) is 79.2 Å². The van der Waals surface area contributed by atoms with Gasteiger partial charge in [-0.15, -0.1) is 11.8 Å². The van der Waals surface area contributed by atoms with E-state index in [4.69, 9.17) is 10.00 Å². The molecule has 0 saturated carbocycles. The molecule has 1 aromatic carbocycles. The molecule has 0 unspecified atom stereocenters. The van der Waals surface area contributed by atoms with Crippen molar-refractivity contribution in [3.63, 3.8) is 0 Å². The summed E-state index contributed by atoms with van der Waals surface area (Å²) in [5, 5.41) is 11.7. The number of carbonyl (C=O) groups is 2. The van der Waals surface area contributed by atoms with Gasteiger partial charge in [0, 0.05) is 4.90 Å². The van der Waals surface area contributed by atoms with E-state index >= 15 is 0 Å². The van der Waals surface area contributed by atoms with Crippen LogP contribution in [0.4, 0.5) is 0 Å². The van der Waals surface area contributed by atoms with Gasteiger partial charge < -0.3 is 10.1 Å². The molecule has 1 N–H and O–H groups in total. The molecule has 1 atom stereocenters. The highest BCUT2D eigenvalue weighted by Crippen LogP contribution is 2.16. The summed E-state index contributed by atoms with van der Waals surface area (Å²) in [6.45, 7) is 4.90. The predicted molar refractivity (Wildman–Crippen MR) is 85.5 cm³/mol. The van der Waals surface area contributed by atoms with Gasteiger partial charge in [-0.1, -0.05) is 13.8 Å². The summed E-state index contributed by atoms with van der Waals surface area (Å²) in [6, 6.07) is 9.00. The van der Waals surface area contributed by atoms with Gasteiger partial charge in [-0.2, -0.15) is 5.26 Å². The first-order valence-corrected chi connectivity index (χ1v) is 8.08. The minimum Gasteiger partial charge on any atom is -0.452 e. The zero-order valence-electron chi connectivity index (χ0n) is 13.2. The summed E-state index contributed by atoms with van der Waals surface area (Å²) >= 11 is 1.57. The average Bonchev–Trinajstić information content (AvgIpc) is 2.52. The zero-order valence-corrected chi connectivity index (χ0v) is 14.0. The van der Waals surface area contributed by atoms with Crippen LogP contribution in [-0.2, 0) is 9.53 Å². The Labute approximate surface area is 135 Å². The number of nitrogens with one attached hydrogen (secondary N) is 1. The maximum absolute atomic E-state index is 11.8. The number of benzene rings is 1. The normalized spacial score (nSPS) is 13.1. The molecule has 0 saturated heterocycles. The highest BCUT2D eigenvalue weighted by molar-refractivity contribution is 7.98. The quantitative estimate of drug-likeness (QED) is 0.644. The lowest BCUT2D eigenvalue weighted by Crippen LogP contribution is -2.50. The average molecular weight is 320 g/mol. The fraction of sp³-hybridized carbons (Fsp3) is 0.438. The van der Waals surface area contributed by atoms with Crippen molar-refractivity contribution in [2.45, 2.75) is 31.2 Å². The first kappa shape index (κ1) is 18.1. The molecule has 0 spiro atoms. The van der Waals surface area contributed by atoms with E-state index in [1.54, 1.807) is 30.8 Å². The van der Waals surface area contributed by atoms with Crippen molar-refractivity contribution in [3.8, 4) is 6.07 Å². The maximum atomic E-state index is 11.8. The molecule has 5 nitrogen and oxygen atoms in total. The van der Waals surface area contributed by atoms with Crippen LogP contribution in [0, 0.1) is 17.2 Å². The molecule has 118 valence electrons. The smallest absolute Gasteiger partial charge is 0.338 e. The molecule has 0 bridgehead atoms. The Morgan fingerprint density at radius 1 is 1.36 bits per heavy atom. The van der Waals surface area contributed by atoms with Crippen molar-refractivity contribution >= 4 is 23.6 Å². The van der Waals surface area contributed by atoms with Gasteiger partial charge in [0.2, 0.25) is 0 Å². The first-order valence-electron chi connectivity index (χ1n) is 6.86. The van der Waals surface area contributed by atoms with Crippen molar-refractivity contribution < 1.29 is 14.3 Å². The van der Waals surface area contributed by atoms with Crippen LogP contribution in [0.25, 0.3) is 0 Å². The Balaban J connectivity index is 2.56. The van der Waals surface area contributed by atoms with E-state index < -0.39 is 24.0 Å². The van der Waals surface area contributed by atoms with Gasteiger partial charge in [0.1, 0.15) is 5.54 Å². The maximum Gasteiger partial charge on any atom is 0.338 e. The van der Waals surface area contributed by atoms with Crippen LogP contribution in [0.1, 0.15) is 31.1 Å². The Morgan fingerprint density at radius 2 is 1.95 bits per heavy atom. The highest BCUT2D eigenvalue weighted by Gasteiger charge is 2.30. The molecule has 0 aliphatic heterocycles. The van der Waals surface area contributed by atoms with Gasteiger partial charge in [0.15, 0.2) is 6.61 Å². The van der Waals surface area contributed by atoms with Gasteiger partial charge in [0.05, 0.1) is 11.6 Å². The number of esters is 1. The molecular formula is C16H20N2O3S. The van der Waals surface area contributed by atoms with Gasteiger partial charge in [-0.25, -0.2) is 4.79 Å². The van der Waals surface area contributed by atoms with Crippen LogP contribution in [0.5, 0.6) is 0 Å². The van der Waals surface area contributed by atoms with Crippen LogP contribution in [0.2, 0.25) is 0 Å². The van der Waals surface area contributed by atoms with E-state index in [2.05, 4.69) is 11.4 Å². The van der Waals surface area contributed by atoms with Crippen LogP contribution < -0.4 is 5.32 Å². The molecular weight excluding hydrogens is 300 g/mol. The van der Waals surface area contributed by atoms with Crippen LogP contribution in [0.15, 0.2) is 29.2 Å². The number of ether oxygens (including phenoxy) is 1. The van der Waals surface area contributed by atoms with Crippen molar-refractivity contribution in [2.24, 2.45) is 5.92 Å². The fourth-order valence-corrected chi connectivity index (χ4v) is 1.98. The Bertz CT molecular complexity index is 578. The molecule has 0 aliphatic carbocycles. The van der Waals surface area contributed by atoms with Gasteiger partial charge in [-0.05, 0) is 43.4 Å². The molecule has 6 heteroatoms. The fourth-order valence-electron chi connectivity index (χ4n) is 1.57. The van der Waals surface area contributed by atoms with Crippen LogP contribution in [-0.4, -0.2) is 30.3 Å². The number of hydrogen-bond acceptors (Lipinski definition) is 5. The lowest BCUT2D eigenvalue weighted by molar-refractivity contribution is -0.125. The van der Waals surface area contributed by atoms with Crippen molar-refractivity contribution in [1.82, 2.24) is 5.32 Å². The molecule has 0 aliphatic rings. The highest BCUT2D eigenvalue weighted by atomic mass is 32.2. The van der Waals surface area contributed by atoms with E-state index in [1.165, 1.54) is 0 Å². The summed E-state index contributed by atoms with van der Waals surface area (Å²) in [5.41, 5.74) is -0.596. The van der Waals surface area contributed by atoms with Crippen molar-refractivity contribution in [2.75, 3.05) is 12.9 Å². The van der Waals surface area contributed by atoms with E-state index in [-0.39, 0.29) is 5.92 Å². The molecule has 0 fully saturated rings. The number of nitrogens with zero attached hydrogens (tertiary/aromatic N) is 1. The number of carbonyl (C=O) groups excluding carboxylic acids is 2. The number of amides is 1. The van der Waals surface area contributed by atoms with E-state index in [0.29, 0.717) is 5.56 Å². The molecule has 0 heterocycles. The summed E-state index contributed by atoms with van der Waals surface area (Å²) < 4.78 is 4.97. The zero-order chi connectivity index (χ0) is 16.8. The van der Waals surface area contributed by atoms with Gasteiger partial charge >= 0.3 is 5.97 Å². The first-order chi connectivity index (χ1) is 10.3. The molecule has 22 heavy (non-hydrogen) atoms. The van der Waals surface area contributed by atoms with Crippen molar-refractivity contribution in [1.29, 1.82) is 5.26 Å². The largest absolute Gasteiger partial charge is 0.452 e. The monoisotopic (exact) mass is 320 g/mol. The SMILES string of the molecule is CSc1ccc(C(=O)OCC(=O)N[C@@](C)(C#N)C(C)C)cc1. The number of nitriles is 1. The predicted octanol–water partition coefficient (Wildman–Crippen LogP) is 2.62. The Kier molecular flexibility index (Phi) is 6.44. The number of hydrogen-bond donors (Lipinski definition) is 1. The van der Waals surface area contributed by atoms with Crippen molar-refractivity contribution in [3.05, 3.63) is 29.8 Å². The minimum atomic E-state index is -0.983. The second-order valence-electron chi connectivity index (χ2n) is 5.32. The minimum absolute atomic E-state index is 0.0590. The van der Waals surface area contributed by atoms with Crippen LogP contribution in [0.3, 0.4) is 0 Å².